The lowest BCUT2D eigenvalue weighted by molar-refractivity contribution is -0.351. The van der Waals surface area contributed by atoms with Gasteiger partial charge in [-0.05, 0) is 44.3 Å². The quantitative estimate of drug-likeness (QED) is 0.717. The summed E-state index contributed by atoms with van der Waals surface area (Å²) in [5.41, 5.74) is -0.812. The molecule has 2 unspecified atom stereocenters. The molecule has 146 valence electrons. The predicted molar refractivity (Wildman–Crippen MR) is 91.1 cm³/mol. The van der Waals surface area contributed by atoms with Crippen LogP contribution in [-0.2, 0) is 19.3 Å². The van der Waals surface area contributed by atoms with Gasteiger partial charge in [0.05, 0.1) is 6.42 Å². The van der Waals surface area contributed by atoms with Gasteiger partial charge in [0, 0.05) is 13.0 Å². The molecular weight excluding hydrogens is 344 g/mol. The number of hydrogen-bond donors (Lipinski definition) is 1. The molecule has 0 bridgehead atoms. The van der Waals surface area contributed by atoms with E-state index in [1.165, 1.54) is 12.5 Å². The Morgan fingerprint density at radius 3 is 2.77 bits per heavy atom. The summed E-state index contributed by atoms with van der Waals surface area (Å²) in [6, 6.07) is 0. The Hall–Kier alpha value is -1.47. The molecule has 0 radical (unpaired) electrons. The van der Waals surface area contributed by atoms with Gasteiger partial charge in [0.2, 0.25) is 5.91 Å². The first-order valence-corrected chi connectivity index (χ1v) is 9.35. The summed E-state index contributed by atoms with van der Waals surface area (Å²) in [4.78, 5) is 23.6. The number of hydrogen-bond acceptors (Lipinski definition) is 4. The third-order valence-corrected chi connectivity index (χ3v) is 5.36. The van der Waals surface area contributed by atoms with Crippen LogP contribution in [0.15, 0.2) is 24.0 Å². The summed E-state index contributed by atoms with van der Waals surface area (Å²) in [6.07, 6.45) is 12.0. The van der Waals surface area contributed by atoms with E-state index in [1.807, 2.05) is 6.92 Å². The van der Waals surface area contributed by atoms with Gasteiger partial charge in [0.15, 0.2) is 0 Å². The molecule has 7 heteroatoms. The molecule has 3 aliphatic rings. The minimum Gasteiger partial charge on any atom is -0.435 e. The van der Waals surface area contributed by atoms with Crippen molar-refractivity contribution in [3.8, 4) is 0 Å². The van der Waals surface area contributed by atoms with Crippen molar-refractivity contribution in [3.63, 3.8) is 0 Å². The summed E-state index contributed by atoms with van der Waals surface area (Å²) in [6.45, 7) is -0.438. The number of halogens is 2. The maximum Gasteiger partial charge on any atom is 0.387 e. The van der Waals surface area contributed by atoms with E-state index in [1.54, 1.807) is 12.2 Å². The number of allylic oxidation sites excluding steroid dienone is 2. The summed E-state index contributed by atoms with van der Waals surface area (Å²) < 4.78 is 28.7. The van der Waals surface area contributed by atoms with E-state index >= 15 is 0 Å². The van der Waals surface area contributed by atoms with Crippen molar-refractivity contribution >= 4 is 5.91 Å². The smallest absolute Gasteiger partial charge is 0.387 e. The normalized spacial score (nSPS) is 30.5. The second-order valence-electron chi connectivity index (χ2n) is 7.86. The van der Waals surface area contributed by atoms with Gasteiger partial charge in [-0.25, -0.2) is 9.78 Å². The monoisotopic (exact) mass is 371 g/mol. The molecule has 1 aliphatic heterocycles. The zero-order chi connectivity index (χ0) is 18.6. The number of carbonyl (C=O) groups excluding carboxylic acids is 1. The van der Waals surface area contributed by atoms with Gasteiger partial charge in [0.1, 0.15) is 17.0 Å². The number of rotatable bonds is 6. The van der Waals surface area contributed by atoms with Crippen molar-refractivity contribution in [1.29, 1.82) is 0 Å². The zero-order valence-corrected chi connectivity index (χ0v) is 15.1. The Kier molecular flexibility index (Phi) is 5.97. The van der Waals surface area contributed by atoms with Gasteiger partial charge in [-0.1, -0.05) is 25.3 Å². The minimum absolute atomic E-state index is 0.0715. The molecule has 0 aromatic heterocycles. The van der Waals surface area contributed by atoms with E-state index < -0.39 is 12.2 Å². The molecule has 1 N–H and O–H groups in total. The Balaban J connectivity index is 1.41. The topological polar surface area (TPSA) is 56.8 Å². The first-order chi connectivity index (χ1) is 12.4. The molecule has 0 aromatic carbocycles. The van der Waals surface area contributed by atoms with E-state index in [-0.39, 0.29) is 29.6 Å². The number of ether oxygens (including phenoxy) is 1. The molecule has 1 saturated heterocycles. The van der Waals surface area contributed by atoms with E-state index in [2.05, 4.69) is 10.1 Å². The van der Waals surface area contributed by atoms with Crippen molar-refractivity contribution in [2.45, 2.75) is 76.1 Å². The fourth-order valence-corrected chi connectivity index (χ4v) is 4.11. The number of nitrogens with one attached hydrogen (secondary N) is 1. The molecule has 2 fully saturated rings. The number of amides is 1. The highest BCUT2D eigenvalue weighted by Crippen LogP contribution is 2.46. The van der Waals surface area contributed by atoms with Crippen LogP contribution in [0.25, 0.3) is 0 Å². The zero-order valence-electron chi connectivity index (χ0n) is 15.1. The highest BCUT2D eigenvalue weighted by atomic mass is 19.3. The molecular formula is C19H27F2NO4. The molecule has 2 aliphatic carbocycles. The molecule has 0 aromatic rings. The van der Waals surface area contributed by atoms with Crippen LogP contribution in [0.4, 0.5) is 8.78 Å². The van der Waals surface area contributed by atoms with Crippen molar-refractivity contribution in [2.24, 2.45) is 5.92 Å². The standard InChI is InChI=1S/C19H27F2NO4/c1-18(13-19(26-25-18)9-3-2-4-10-19)11-16(23)22-12-14-5-7-15(8-6-14)24-17(20)21/h5,7-8,14,17H,2-4,6,9-13H2,1H3,(H,22,23). The van der Waals surface area contributed by atoms with Gasteiger partial charge in [-0.15, -0.1) is 0 Å². The lowest BCUT2D eigenvalue weighted by atomic mass is 9.77. The Morgan fingerprint density at radius 1 is 1.35 bits per heavy atom. The first-order valence-electron chi connectivity index (χ1n) is 9.35. The largest absolute Gasteiger partial charge is 0.435 e. The maximum absolute atomic E-state index is 12.3. The molecule has 3 rings (SSSR count). The van der Waals surface area contributed by atoms with Gasteiger partial charge < -0.3 is 10.1 Å². The maximum atomic E-state index is 12.3. The molecule has 5 nitrogen and oxygen atoms in total. The van der Waals surface area contributed by atoms with Crippen LogP contribution in [0.5, 0.6) is 0 Å². The summed E-state index contributed by atoms with van der Waals surface area (Å²) >= 11 is 0. The van der Waals surface area contributed by atoms with Gasteiger partial charge >= 0.3 is 6.61 Å². The van der Waals surface area contributed by atoms with Crippen molar-refractivity contribution < 1.29 is 28.1 Å². The van der Waals surface area contributed by atoms with Crippen LogP contribution >= 0.6 is 0 Å². The van der Waals surface area contributed by atoms with E-state index in [9.17, 15) is 13.6 Å². The lowest BCUT2D eigenvalue weighted by Gasteiger charge is -2.30. The minimum atomic E-state index is -2.82. The number of alkyl halides is 2. The SMILES string of the molecule is CC1(CC(=O)NCC2C=CC(OC(F)F)=CC2)CC2(CCCCC2)OO1. The highest BCUT2D eigenvalue weighted by molar-refractivity contribution is 5.77. The van der Waals surface area contributed by atoms with Crippen LogP contribution in [0.1, 0.15) is 58.3 Å². The van der Waals surface area contributed by atoms with Crippen LogP contribution in [0.2, 0.25) is 0 Å². The molecule has 26 heavy (non-hydrogen) atoms. The van der Waals surface area contributed by atoms with Crippen LogP contribution in [-0.4, -0.2) is 30.3 Å². The molecule has 1 spiro atoms. The van der Waals surface area contributed by atoms with Crippen LogP contribution < -0.4 is 5.32 Å². The van der Waals surface area contributed by atoms with E-state index in [0.29, 0.717) is 13.0 Å². The van der Waals surface area contributed by atoms with Crippen LogP contribution in [0, 0.1) is 5.92 Å². The van der Waals surface area contributed by atoms with Crippen molar-refractivity contribution in [3.05, 3.63) is 24.0 Å². The molecule has 2 atom stereocenters. The third kappa shape index (κ3) is 5.04. The van der Waals surface area contributed by atoms with Crippen LogP contribution in [0.3, 0.4) is 0 Å². The average Bonchev–Trinajstić information content (AvgIpc) is 2.90. The second-order valence-corrected chi connectivity index (χ2v) is 7.86. The summed E-state index contributed by atoms with van der Waals surface area (Å²) in [5, 5.41) is 2.91. The van der Waals surface area contributed by atoms with Gasteiger partial charge in [0.25, 0.3) is 0 Å². The summed E-state index contributed by atoms with van der Waals surface area (Å²) in [5.74, 6) is 0.155. The predicted octanol–water partition coefficient (Wildman–Crippen LogP) is 4.01. The first kappa shape index (κ1) is 19.3. The highest BCUT2D eigenvalue weighted by Gasteiger charge is 2.50. The summed E-state index contributed by atoms with van der Waals surface area (Å²) in [7, 11) is 0. The molecule has 1 saturated carbocycles. The Bertz CT molecular complexity index is 572. The fourth-order valence-electron chi connectivity index (χ4n) is 4.11. The lowest BCUT2D eigenvalue weighted by Crippen LogP contribution is -2.38. The second kappa shape index (κ2) is 8.05. The Morgan fingerprint density at radius 2 is 2.12 bits per heavy atom. The van der Waals surface area contributed by atoms with E-state index in [4.69, 9.17) is 9.78 Å². The van der Waals surface area contributed by atoms with Crippen molar-refractivity contribution in [2.75, 3.05) is 6.54 Å². The van der Waals surface area contributed by atoms with Gasteiger partial charge in [-0.3, -0.25) is 4.79 Å². The van der Waals surface area contributed by atoms with E-state index in [0.717, 1.165) is 32.1 Å². The Labute approximate surface area is 152 Å². The third-order valence-electron chi connectivity index (χ3n) is 5.36. The average molecular weight is 371 g/mol. The van der Waals surface area contributed by atoms with Crippen molar-refractivity contribution in [1.82, 2.24) is 5.32 Å². The van der Waals surface area contributed by atoms with Gasteiger partial charge in [-0.2, -0.15) is 8.78 Å². The molecule has 1 amide bonds. The fraction of sp³-hybridized carbons (Fsp3) is 0.737. The number of carbonyl (C=O) groups is 1. The molecule has 1 heterocycles.